The Labute approximate surface area is 88.9 Å². The van der Waals surface area contributed by atoms with Crippen molar-refractivity contribution in [3.63, 3.8) is 0 Å². The van der Waals surface area contributed by atoms with Gasteiger partial charge in [-0.1, -0.05) is 18.2 Å². The van der Waals surface area contributed by atoms with Crippen LogP contribution in [0.25, 0.3) is 0 Å². The summed E-state index contributed by atoms with van der Waals surface area (Å²) >= 11 is 0. The van der Waals surface area contributed by atoms with Gasteiger partial charge in [0.1, 0.15) is 5.82 Å². The number of hydrogen-bond donors (Lipinski definition) is 1. The Morgan fingerprint density at radius 1 is 1.36 bits per heavy atom. The third kappa shape index (κ3) is 2.44. The normalized spacial score (nSPS) is 21.4. The van der Waals surface area contributed by atoms with Gasteiger partial charge in [0.05, 0.1) is 19.3 Å². The monoisotopic (exact) mass is 217 g/mol. The SMILES string of the molecule is Cl.Fc1ccccc1C1COCCN1. The van der Waals surface area contributed by atoms with E-state index < -0.39 is 0 Å². The van der Waals surface area contributed by atoms with Crippen LogP contribution in [-0.4, -0.2) is 19.8 Å². The van der Waals surface area contributed by atoms with Crippen molar-refractivity contribution in [2.45, 2.75) is 6.04 Å². The summed E-state index contributed by atoms with van der Waals surface area (Å²) in [4.78, 5) is 0. The maximum absolute atomic E-state index is 13.3. The first-order valence-corrected chi connectivity index (χ1v) is 4.43. The van der Waals surface area contributed by atoms with Gasteiger partial charge in [-0.2, -0.15) is 0 Å². The molecule has 0 aliphatic carbocycles. The minimum Gasteiger partial charge on any atom is -0.378 e. The van der Waals surface area contributed by atoms with Gasteiger partial charge in [-0.15, -0.1) is 12.4 Å². The van der Waals surface area contributed by atoms with Gasteiger partial charge in [-0.05, 0) is 6.07 Å². The van der Waals surface area contributed by atoms with Crippen molar-refractivity contribution in [1.82, 2.24) is 5.32 Å². The van der Waals surface area contributed by atoms with E-state index in [2.05, 4.69) is 5.32 Å². The molecule has 2 rings (SSSR count). The van der Waals surface area contributed by atoms with Crippen LogP contribution >= 0.6 is 12.4 Å². The summed E-state index contributed by atoms with van der Waals surface area (Å²) in [5, 5.41) is 3.21. The third-order valence-corrected chi connectivity index (χ3v) is 2.20. The number of morpholine rings is 1. The maximum atomic E-state index is 13.3. The van der Waals surface area contributed by atoms with Crippen LogP contribution in [0.2, 0.25) is 0 Å². The zero-order chi connectivity index (χ0) is 9.10. The van der Waals surface area contributed by atoms with Crippen molar-refractivity contribution in [2.75, 3.05) is 19.8 Å². The smallest absolute Gasteiger partial charge is 0.128 e. The van der Waals surface area contributed by atoms with Gasteiger partial charge in [-0.3, -0.25) is 0 Å². The third-order valence-electron chi connectivity index (χ3n) is 2.20. The van der Waals surface area contributed by atoms with E-state index in [-0.39, 0.29) is 24.3 Å². The van der Waals surface area contributed by atoms with Gasteiger partial charge in [0.15, 0.2) is 0 Å². The van der Waals surface area contributed by atoms with Crippen LogP contribution in [0.4, 0.5) is 4.39 Å². The van der Waals surface area contributed by atoms with E-state index in [4.69, 9.17) is 4.74 Å². The quantitative estimate of drug-likeness (QED) is 0.776. The largest absolute Gasteiger partial charge is 0.378 e. The van der Waals surface area contributed by atoms with E-state index in [1.165, 1.54) is 6.07 Å². The summed E-state index contributed by atoms with van der Waals surface area (Å²) < 4.78 is 18.5. The molecule has 0 spiro atoms. The van der Waals surface area contributed by atoms with Crippen molar-refractivity contribution >= 4 is 12.4 Å². The zero-order valence-corrected chi connectivity index (χ0v) is 8.52. The Morgan fingerprint density at radius 2 is 2.14 bits per heavy atom. The lowest BCUT2D eigenvalue weighted by molar-refractivity contribution is 0.0757. The molecule has 1 aromatic rings. The lowest BCUT2D eigenvalue weighted by Crippen LogP contribution is -2.35. The molecule has 0 amide bonds. The minimum absolute atomic E-state index is 0. The van der Waals surface area contributed by atoms with Gasteiger partial charge in [0.2, 0.25) is 0 Å². The second-order valence-electron chi connectivity index (χ2n) is 3.10. The summed E-state index contributed by atoms with van der Waals surface area (Å²) in [6, 6.07) is 6.82. The molecule has 0 saturated carbocycles. The molecule has 1 atom stereocenters. The van der Waals surface area contributed by atoms with Gasteiger partial charge < -0.3 is 10.1 Å². The molecule has 1 aliphatic rings. The average Bonchev–Trinajstić information content (AvgIpc) is 2.20. The van der Waals surface area contributed by atoms with Crippen LogP contribution in [0.15, 0.2) is 24.3 Å². The van der Waals surface area contributed by atoms with Gasteiger partial charge >= 0.3 is 0 Å². The number of nitrogens with one attached hydrogen (secondary N) is 1. The molecule has 1 N–H and O–H groups in total. The molecular formula is C10H13ClFNO. The highest BCUT2D eigenvalue weighted by atomic mass is 35.5. The summed E-state index contributed by atoms with van der Waals surface area (Å²) in [5.74, 6) is -0.162. The molecular weight excluding hydrogens is 205 g/mol. The molecule has 0 bridgehead atoms. The number of benzene rings is 1. The first-order chi connectivity index (χ1) is 6.38. The molecule has 1 heterocycles. The van der Waals surface area contributed by atoms with Crippen molar-refractivity contribution in [3.8, 4) is 0 Å². The van der Waals surface area contributed by atoms with Gasteiger partial charge in [0.25, 0.3) is 0 Å². The second-order valence-corrected chi connectivity index (χ2v) is 3.10. The first kappa shape index (κ1) is 11.4. The Hall–Kier alpha value is -0.640. The molecule has 0 aromatic heterocycles. The predicted molar refractivity (Wildman–Crippen MR) is 55.2 cm³/mol. The fourth-order valence-electron chi connectivity index (χ4n) is 1.52. The molecule has 1 unspecified atom stereocenters. The topological polar surface area (TPSA) is 21.3 Å². The molecule has 1 saturated heterocycles. The fraction of sp³-hybridized carbons (Fsp3) is 0.400. The van der Waals surface area contributed by atoms with Crippen molar-refractivity contribution < 1.29 is 9.13 Å². The number of rotatable bonds is 1. The average molecular weight is 218 g/mol. The zero-order valence-electron chi connectivity index (χ0n) is 7.70. The highest BCUT2D eigenvalue weighted by Gasteiger charge is 2.17. The molecule has 14 heavy (non-hydrogen) atoms. The molecule has 78 valence electrons. The highest BCUT2D eigenvalue weighted by Crippen LogP contribution is 2.18. The van der Waals surface area contributed by atoms with Crippen molar-refractivity contribution in [3.05, 3.63) is 35.6 Å². The van der Waals surface area contributed by atoms with Gasteiger partial charge in [0, 0.05) is 12.1 Å². The number of ether oxygens (including phenoxy) is 1. The van der Waals surface area contributed by atoms with Gasteiger partial charge in [-0.25, -0.2) is 4.39 Å². The first-order valence-electron chi connectivity index (χ1n) is 4.43. The minimum atomic E-state index is -0.162. The summed E-state index contributed by atoms with van der Waals surface area (Å²) in [5.41, 5.74) is 0.696. The van der Waals surface area contributed by atoms with Crippen molar-refractivity contribution in [2.24, 2.45) is 0 Å². The second kappa shape index (κ2) is 5.29. The molecule has 1 aromatic carbocycles. The molecule has 1 fully saturated rings. The van der Waals surface area contributed by atoms with Crippen LogP contribution in [0.3, 0.4) is 0 Å². The molecule has 4 heteroatoms. The summed E-state index contributed by atoms with van der Waals surface area (Å²) in [6.45, 7) is 2.06. The van der Waals surface area contributed by atoms with E-state index in [0.29, 0.717) is 18.8 Å². The van der Waals surface area contributed by atoms with E-state index in [9.17, 15) is 4.39 Å². The molecule has 2 nitrogen and oxygen atoms in total. The van der Waals surface area contributed by atoms with E-state index in [0.717, 1.165) is 6.54 Å². The summed E-state index contributed by atoms with van der Waals surface area (Å²) in [6.07, 6.45) is 0. The molecule has 1 aliphatic heterocycles. The Bertz CT molecular complexity index is 289. The van der Waals surface area contributed by atoms with E-state index >= 15 is 0 Å². The van der Waals surface area contributed by atoms with Crippen LogP contribution in [0.1, 0.15) is 11.6 Å². The lowest BCUT2D eigenvalue weighted by atomic mass is 10.1. The lowest BCUT2D eigenvalue weighted by Gasteiger charge is -2.24. The Balaban J connectivity index is 0.000000980. The predicted octanol–water partition coefficient (Wildman–Crippen LogP) is 1.91. The van der Waals surface area contributed by atoms with E-state index in [1.54, 1.807) is 12.1 Å². The van der Waals surface area contributed by atoms with E-state index in [1.807, 2.05) is 6.07 Å². The Morgan fingerprint density at radius 3 is 2.79 bits per heavy atom. The van der Waals surface area contributed by atoms with Crippen LogP contribution in [0.5, 0.6) is 0 Å². The molecule has 0 radical (unpaired) electrons. The van der Waals surface area contributed by atoms with Crippen molar-refractivity contribution in [1.29, 1.82) is 0 Å². The Kier molecular flexibility index (Phi) is 4.32. The van der Waals surface area contributed by atoms with Crippen LogP contribution in [0, 0.1) is 5.82 Å². The maximum Gasteiger partial charge on any atom is 0.128 e. The summed E-state index contributed by atoms with van der Waals surface area (Å²) in [7, 11) is 0. The van der Waals surface area contributed by atoms with Crippen LogP contribution in [-0.2, 0) is 4.74 Å². The fourth-order valence-corrected chi connectivity index (χ4v) is 1.52. The van der Waals surface area contributed by atoms with Crippen LogP contribution < -0.4 is 5.32 Å². The standard InChI is InChI=1S/C10H12FNO.ClH/c11-9-4-2-1-3-8(9)10-7-13-6-5-12-10;/h1-4,10,12H,5-7H2;1H. The highest BCUT2D eigenvalue weighted by molar-refractivity contribution is 5.85. The number of hydrogen-bond acceptors (Lipinski definition) is 2. The number of halogens is 2.